The van der Waals surface area contributed by atoms with Crippen LogP contribution in [0.5, 0.6) is 0 Å². The normalized spacial score (nSPS) is 15.4. The first kappa shape index (κ1) is 24.4. The molecule has 0 aliphatic carbocycles. The third-order valence-corrected chi connectivity index (χ3v) is 4.95. The standard InChI is InChI=1S/C22H40N6O2/c1-4-6-14-29-16-17-30-15-9-25-22(23-5-2)26-19-20-7-8-24-21(18-20)28-12-10-27(3)11-13-28/h7-8,18H,4-6,9-17,19H2,1-3H3,(H2,23,25,26). The fraction of sp³-hybridized carbons (Fsp3) is 0.727. The highest BCUT2D eigenvalue weighted by atomic mass is 16.5. The van der Waals surface area contributed by atoms with Crippen LogP contribution in [0.4, 0.5) is 5.82 Å². The molecule has 1 aliphatic rings. The van der Waals surface area contributed by atoms with Crippen LogP contribution in [0.2, 0.25) is 0 Å². The van der Waals surface area contributed by atoms with Crippen LogP contribution in [0.15, 0.2) is 23.3 Å². The van der Waals surface area contributed by atoms with Gasteiger partial charge >= 0.3 is 0 Å². The monoisotopic (exact) mass is 420 g/mol. The Kier molecular flexibility index (Phi) is 12.2. The maximum absolute atomic E-state index is 5.61. The van der Waals surface area contributed by atoms with E-state index in [1.165, 1.54) is 0 Å². The van der Waals surface area contributed by atoms with Crippen LogP contribution in [0.25, 0.3) is 0 Å². The van der Waals surface area contributed by atoms with Crippen LogP contribution in [0.1, 0.15) is 32.3 Å². The number of pyridine rings is 1. The summed E-state index contributed by atoms with van der Waals surface area (Å²) < 4.78 is 11.1. The summed E-state index contributed by atoms with van der Waals surface area (Å²) in [5.41, 5.74) is 1.16. The highest BCUT2D eigenvalue weighted by Crippen LogP contribution is 2.15. The summed E-state index contributed by atoms with van der Waals surface area (Å²) in [5.74, 6) is 1.85. The van der Waals surface area contributed by atoms with Gasteiger partial charge in [-0.1, -0.05) is 13.3 Å². The molecule has 2 heterocycles. The van der Waals surface area contributed by atoms with Crippen molar-refractivity contribution < 1.29 is 9.47 Å². The number of nitrogens with zero attached hydrogens (tertiary/aromatic N) is 4. The Labute approximate surface area is 182 Å². The van der Waals surface area contributed by atoms with Crippen molar-refractivity contribution in [3.8, 4) is 0 Å². The number of guanidine groups is 1. The van der Waals surface area contributed by atoms with Crippen molar-refractivity contribution in [2.75, 3.05) is 77.6 Å². The fourth-order valence-electron chi connectivity index (χ4n) is 3.09. The van der Waals surface area contributed by atoms with Crippen molar-refractivity contribution >= 4 is 11.8 Å². The van der Waals surface area contributed by atoms with Gasteiger partial charge in [0, 0.05) is 52.1 Å². The minimum atomic E-state index is 0.616. The van der Waals surface area contributed by atoms with E-state index in [2.05, 4.69) is 52.4 Å². The number of rotatable bonds is 13. The van der Waals surface area contributed by atoms with Crippen molar-refractivity contribution in [2.45, 2.75) is 33.2 Å². The molecule has 8 heteroatoms. The van der Waals surface area contributed by atoms with Gasteiger partial charge in [-0.3, -0.25) is 0 Å². The molecule has 30 heavy (non-hydrogen) atoms. The molecule has 0 atom stereocenters. The minimum absolute atomic E-state index is 0.616. The van der Waals surface area contributed by atoms with Gasteiger partial charge in [-0.2, -0.15) is 0 Å². The van der Waals surface area contributed by atoms with E-state index in [0.717, 1.165) is 69.5 Å². The van der Waals surface area contributed by atoms with Crippen molar-refractivity contribution in [1.82, 2.24) is 20.5 Å². The van der Waals surface area contributed by atoms with Gasteiger partial charge in [0.1, 0.15) is 5.82 Å². The molecule has 0 spiro atoms. The molecule has 2 N–H and O–H groups in total. The molecule has 170 valence electrons. The van der Waals surface area contributed by atoms with Crippen LogP contribution in [-0.2, 0) is 16.0 Å². The Balaban J connectivity index is 1.72. The highest BCUT2D eigenvalue weighted by molar-refractivity contribution is 5.79. The largest absolute Gasteiger partial charge is 0.379 e. The summed E-state index contributed by atoms with van der Waals surface area (Å²) >= 11 is 0. The maximum Gasteiger partial charge on any atom is 0.191 e. The van der Waals surface area contributed by atoms with Gasteiger partial charge in [0.05, 0.1) is 26.4 Å². The summed E-state index contributed by atoms with van der Waals surface area (Å²) in [6.45, 7) is 13.3. The van der Waals surface area contributed by atoms with E-state index in [0.29, 0.717) is 32.9 Å². The van der Waals surface area contributed by atoms with Crippen LogP contribution in [-0.4, -0.2) is 88.6 Å². The molecule has 1 aliphatic heterocycles. The number of aliphatic imine (C=N–C) groups is 1. The SMILES string of the molecule is CCCCOCCOCCNC(=NCc1ccnc(N2CCN(C)CC2)c1)NCC. The molecule has 0 saturated carbocycles. The van der Waals surface area contributed by atoms with Gasteiger partial charge in [-0.15, -0.1) is 0 Å². The van der Waals surface area contributed by atoms with Gasteiger partial charge in [-0.25, -0.2) is 9.98 Å². The van der Waals surface area contributed by atoms with E-state index in [9.17, 15) is 0 Å². The average molecular weight is 421 g/mol. The van der Waals surface area contributed by atoms with Gasteiger partial charge < -0.3 is 29.9 Å². The Morgan fingerprint density at radius 1 is 1.07 bits per heavy atom. The molecule has 8 nitrogen and oxygen atoms in total. The molecule has 1 saturated heterocycles. The number of unbranched alkanes of at least 4 members (excludes halogenated alkanes) is 1. The summed E-state index contributed by atoms with van der Waals surface area (Å²) in [4.78, 5) is 14.0. The molecule has 1 aromatic rings. The zero-order chi connectivity index (χ0) is 21.4. The Hall–Kier alpha value is -1.90. The van der Waals surface area contributed by atoms with Crippen LogP contribution in [0.3, 0.4) is 0 Å². The minimum Gasteiger partial charge on any atom is -0.379 e. The molecule has 1 fully saturated rings. The second kappa shape index (κ2) is 15.0. The Morgan fingerprint density at radius 2 is 1.83 bits per heavy atom. The third-order valence-electron chi connectivity index (χ3n) is 4.95. The Morgan fingerprint density at radius 3 is 2.57 bits per heavy atom. The second-order valence-corrected chi connectivity index (χ2v) is 7.51. The topological polar surface area (TPSA) is 74.2 Å². The molecule has 0 radical (unpaired) electrons. The number of piperazine rings is 1. The van der Waals surface area contributed by atoms with Crippen LogP contribution in [0, 0.1) is 0 Å². The van der Waals surface area contributed by atoms with Crippen molar-refractivity contribution in [3.63, 3.8) is 0 Å². The van der Waals surface area contributed by atoms with E-state index < -0.39 is 0 Å². The number of aromatic nitrogens is 1. The van der Waals surface area contributed by atoms with E-state index in [-0.39, 0.29) is 0 Å². The van der Waals surface area contributed by atoms with E-state index in [4.69, 9.17) is 14.5 Å². The number of likely N-dealkylation sites (N-methyl/N-ethyl adjacent to an activating group) is 1. The first-order chi connectivity index (χ1) is 14.7. The smallest absolute Gasteiger partial charge is 0.191 e. The molecule has 2 rings (SSSR count). The summed E-state index contributed by atoms with van der Waals surface area (Å²) in [5, 5.41) is 6.61. The molecular formula is C22H40N6O2. The Bertz CT molecular complexity index is 605. The van der Waals surface area contributed by atoms with Gasteiger partial charge in [0.15, 0.2) is 5.96 Å². The summed E-state index contributed by atoms with van der Waals surface area (Å²) in [7, 11) is 2.16. The van der Waals surface area contributed by atoms with Crippen LogP contribution >= 0.6 is 0 Å². The molecule has 0 bridgehead atoms. The second-order valence-electron chi connectivity index (χ2n) is 7.51. The summed E-state index contributed by atoms with van der Waals surface area (Å²) in [6, 6.07) is 4.19. The van der Waals surface area contributed by atoms with Crippen molar-refractivity contribution in [3.05, 3.63) is 23.9 Å². The summed E-state index contributed by atoms with van der Waals surface area (Å²) in [6.07, 6.45) is 4.15. The average Bonchev–Trinajstić information content (AvgIpc) is 2.77. The third kappa shape index (κ3) is 9.73. The van der Waals surface area contributed by atoms with Crippen molar-refractivity contribution in [1.29, 1.82) is 0 Å². The molecule has 1 aromatic heterocycles. The zero-order valence-electron chi connectivity index (χ0n) is 19.0. The lowest BCUT2D eigenvalue weighted by atomic mass is 10.2. The molecule has 0 amide bonds. The van der Waals surface area contributed by atoms with E-state index >= 15 is 0 Å². The van der Waals surface area contributed by atoms with E-state index in [1.54, 1.807) is 0 Å². The maximum atomic E-state index is 5.61. The van der Waals surface area contributed by atoms with Gasteiger partial charge in [0.2, 0.25) is 0 Å². The fourth-order valence-corrected chi connectivity index (χ4v) is 3.09. The lowest BCUT2D eigenvalue weighted by Crippen LogP contribution is -2.44. The number of hydrogen-bond acceptors (Lipinski definition) is 6. The van der Waals surface area contributed by atoms with E-state index in [1.807, 2.05) is 12.3 Å². The van der Waals surface area contributed by atoms with Gasteiger partial charge in [0.25, 0.3) is 0 Å². The predicted molar refractivity (Wildman–Crippen MR) is 123 cm³/mol. The molecule has 0 aromatic carbocycles. The van der Waals surface area contributed by atoms with Gasteiger partial charge in [-0.05, 0) is 38.1 Å². The zero-order valence-corrected chi connectivity index (χ0v) is 19.0. The first-order valence-corrected chi connectivity index (χ1v) is 11.3. The highest BCUT2D eigenvalue weighted by Gasteiger charge is 2.15. The predicted octanol–water partition coefficient (Wildman–Crippen LogP) is 1.72. The molecule has 0 unspecified atom stereocenters. The number of ether oxygens (including phenoxy) is 2. The number of anilines is 1. The molecular weight excluding hydrogens is 380 g/mol. The number of hydrogen-bond donors (Lipinski definition) is 2. The lowest BCUT2D eigenvalue weighted by Gasteiger charge is -2.33. The quantitative estimate of drug-likeness (QED) is 0.286. The van der Waals surface area contributed by atoms with Crippen LogP contribution < -0.4 is 15.5 Å². The number of nitrogens with one attached hydrogen (secondary N) is 2. The van der Waals surface area contributed by atoms with Crippen molar-refractivity contribution in [2.24, 2.45) is 4.99 Å². The first-order valence-electron chi connectivity index (χ1n) is 11.3. The lowest BCUT2D eigenvalue weighted by molar-refractivity contribution is 0.0487.